The van der Waals surface area contributed by atoms with Crippen LogP contribution < -0.4 is 4.72 Å². The van der Waals surface area contributed by atoms with Crippen LogP contribution in [0.3, 0.4) is 0 Å². The lowest BCUT2D eigenvalue weighted by atomic mass is 9.71. The molecular formula is C10H20N2O4S. The van der Waals surface area contributed by atoms with Crippen LogP contribution in [0.4, 0.5) is 0 Å². The van der Waals surface area contributed by atoms with Crippen LogP contribution in [0.1, 0.15) is 32.6 Å². The van der Waals surface area contributed by atoms with E-state index in [4.69, 9.17) is 5.11 Å². The second kappa shape index (κ2) is 5.32. The minimum atomic E-state index is -3.55. The van der Waals surface area contributed by atoms with Gasteiger partial charge in [-0.25, -0.2) is 4.72 Å². The molecule has 7 heteroatoms. The number of nitrogens with zero attached hydrogens (tertiary/aromatic N) is 1. The van der Waals surface area contributed by atoms with Crippen molar-refractivity contribution in [1.29, 1.82) is 0 Å². The van der Waals surface area contributed by atoms with E-state index in [9.17, 15) is 13.2 Å². The van der Waals surface area contributed by atoms with E-state index >= 15 is 0 Å². The van der Waals surface area contributed by atoms with Crippen LogP contribution >= 0.6 is 0 Å². The first-order valence-electron chi connectivity index (χ1n) is 5.68. The van der Waals surface area contributed by atoms with Gasteiger partial charge in [0.25, 0.3) is 10.2 Å². The van der Waals surface area contributed by atoms with Gasteiger partial charge in [0.15, 0.2) is 0 Å². The summed E-state index contributed by atoms with van der Waals surface area (Å²) in [6, 6.07) is 0. The van der Waals surface area contributed by atoms with E-state index in [1.165, 1.54) is 7.05 Å². The van der Waals surface area contributed by atoms with Crippen molar-refractivity contribution < 1.29 is 18.3 Å². The van der Waals surface area contributed by atoms with Gasteiger partial charge in [-0.1, -0.05) is 13.3 Å². The normalized spacial score (nSPS) is 19.0. The number of aliphatic carboxylic acids is 1. The Bertz CT molecular complexity index is 376. The van der Waals surface area contributed by atoms with Crippen molar-refractivity contribution in [2.45, 2.75) is 32.6 Å². The molecule has 6 nitrogen and oxygen atoms in total. The Morgan fingerprint density at radius 3 is 2.47 bits per heavy atom. The van der Waals surface area contributed by atoms with Gasteiger partial charge in [-0.2, -0.15) is 12.7 Å². The highest BCUT2D eigenvalue weighted by atomic mass is 32.2. The van der Waals surface area contributed by atoms with Gasteiger partial charge in [-0.15, -0.1) is 0 Å². The maximum absolute atomic E-state index is 11.8. The molecule has 0 bridgehead atoms. The van der Waals surface area contributed by atoms with E-state index in [0.29, 0.717) is 6.54 Å². The van der Waals surface area contributed by atoms with Crippen molar-refractivity contribution in [3.63, 3.8) is 0 Å². The number of carboxylic acid groups (broad SMARTS) is 1. The predicted molar refractivity (Wildman–Crippen MR) is 63.8 cm³/mol. The minimum absolute atomic E-state index is 0.0125. The van der Waals surface area contributed by atoms with Crippen LogP contribution in [0.5, 0.6) is 0 Å². The average molecular weight is 264 g/mol. The first-order chi connectivity index (χ1) is 7.75. The molecule has 100 valence electrons. The lowest BCUT2D eigenvalue weighted by molar-refractivity contribution is -0.137. The molecule has 17 heavy (non-hydrogen) atoms. The van der Waals surface area contributed by atoms with E-state index in [1.807, 2.05) is 0 Å². The van der Waals surface area contributed by atoms with Gasteiger partial charge in [0, 0.05) is 20.1 Å². The van der Waals surface area contributed by atoms with Gasteiger partial charge in [-0.05, 0) is 18.3 Å². The van der Waals surface area contributed by atoms with Crippen LogP contribution in [0, 0.1) is 5.41 Å². The molecule has 0 aliphatic heterocycles. The maximum Gasteiger partial charge on any atom is 0.304 e. The molecule has 0 atom stereocenters. The van der Waals surface area contributed by atoms with Crippen molar-refractivity contribution in [3.05, 3.63) is 0 Å². The highest BCUT2D eigenvalue weighted by Gasteiger charge is 2.33. The van der Waals surface area contributed by atoms with Crippen LogP contribution in [0.25, 0.3) is 0 Å². The van der Waals surface area contributed by atoms with Crippen molar-refractivity contribution in [2.75, 3.05) is 20.1 Å². The second-order valence-corrected chi connectivity index (χ2v) is 6.82. The summed E-state index contributed by atoms with van der Waals surface area (Å²) in [5.74, 6) is -1.00. The van der Waals surface area contributed by atoms with E-state index in [0.717, 1.165) is 23.6 Å². The van der Waals surface area contributed by atoms with Crippen LogP contribution in [-0.2, 0) is 15.0 Å². The van der Waals surface area contributed by atoms with Crippen LogP contribution in [-0.4, -0.2) is 43.9 Å². The predicted octanol–water partition coefficient (Wildman–Crippen LogP) is 0.417. The fourth-order valence-electron chi connectivity index (χ4n) is 1.71. The highest BCUT2D eigenvalue weighted by molar-refractivity contribution is 7.87. The highest BCUT2D eigenvalue weighted by Crippen LogP contribution is 2.39. The summed E-state index contributed by atoms with van der Waals surface area (Å²) < 4.78 is 27.1. The van der Waals surface area contributed by atoms with Crippen molar-refractivity contribution >= 4 is 16.2 Å². The van der Waals surface area contributed by atoms with Crippen molar-refractivity contribution in [2.24, 2.45) is 5.41 Å². The molecule has 0 heterocycles. The van der Waals surface area contributed by atoms with Crippen molar-refractivity contribution in [3.8, 4) is 0 Å². The number of nitrogens with one attached hydrogen (secondary N) is 1. The molecule has 0 spiro atoms. The van der Waals surface area contributed by atoms with Gasteiger partial charge in [0.2, 0.25) is 0 Å². The fraction of sp³-hybridized carbons (Fsp3) is 0.900. The van der Waals surface area contributed by atoms with Gasteiger partial charge < -0.3 is 5.11 Å². The zero-order chi connectivity index (χ0) is 13.1. The Morgan fingerprint density at radius 1 is 1.47 bits per heavy atom. The molecule has 2 N–H and O–H groups in total. The number of carboxylic acids is 1. The van der Waals surface area contributed by atoms with Gasteiger partial charge in [0.1, 0.15) is 0 Å². The summed E-state index contributed by atoms with van der Waals surface area (Å²) >= 11 is 0. The minimum Gasteiger partial charge on any atom is -0.481 e. The van der Waals surface area contributed by atoms with E-state index in [-0.39, 0.29) is 18.4 Å². The molecule has 0 unspecified atom stereocenters. The average Bonchev–Trinajstić information content (AvgIpc) is 2.20. The summed E-state index contributed by atoms with van der Waals surface area (Å²) in [5, 5.41) is 8.49. The first kappa shape index (κ1) is 14.4. The van der Waals surface area contributed by atoms with E-state index in [1.54, 1.807) is 0 Å². The molecule has 0 aromatic carbocycles. The Hall–Kier alpha value is -0.660. The molecule has 0 aromatic rings. The third-order valence-corrected chi connectivity index (χ3v) is 4.81. The third kappa shape index (κ3) is 4.25. The molecule has 1 aliphatic rings. The molecule has 1 saturated carbocycles. The van der Waals surface area contributed by atoms with Gasteiger partial charge in [-0.3, -0.25) is 4.79 Å². The largest absolute Gasteiger partial charge is 0.481 e. The number of hydrogen-bond acceptors (Lipinski definition) is 3. The summed E-state index contributed by atoms with van der Waals surface area (Å²) in [4.78, 5) is 10.4. The smallest absolute Gasteiger partial charge is 0.304 e. The van der Waals surface area contributed by atoms with Crippen LogP contribution in [0.15, 0.2) is 0 Å². The SMILES string of the molecule is CN(CCC(=O)O)S(=O)(=O)NCC1(C)CCC1. The first-order valence-corrected chi connectivity index (χ1v) is 7.12. The summed E-state index contributed by atoms with van der Waals surface area (Å²) in [6.45, 7) is 2.46. The lowest BCUT2D eigenvalue weighted by Gasteiger charge is -2.38. The quantitative estimate of drug-likeness (QED) is 0.697. The molecule has 0 saturated heterocycles. The molecular weight excluding hydrogens is 244 g/mol. The third-order valence-electron chi connectivity index (χ3n) is 3.29. The molecule has 1 fully saturated rings. The Morgan fingerprint density at radius 2 is 2.06 bits per heavy atom. The molecule has 0 radical (unpaired) electrons. The summed E-state index contributed by atoms with van der Waals surface area (Å²) in [6.07, 6.45) is 3.03. The number of hydrogen-bond donors (Lipinski definition) is 2. The zero-order valence-electron chi connectivity index (χ0n) is 10.3. The monoisotopic (exact) mass is 264 g/mol. The molecule has 0 aromatic heterocycles. The Balaban J connectivity index is 2.41. The molecule has 1 rings (SSSR count). The lowest BCUT2D eigenvalue weighted by Crippen LogP contribution is -2.45. The standard InChI is InChI=1S/C10H20N2O4S/c1-10(5-3-6-10)8-11-17(15,16)12(2)7-4-9(13)14/h11H,3-8H2,1-2H3,(H,13,14). The van der Waals surface area contributed by atoms with Gasteiger partial charge >= 0.3 is 5.97 Å². The van der Waals surface area contributed by atoms with Crippen LogP contribution in [0.2, 0.25) is 0 Å². The Labute approximate surface area is 102 Å². The Kier molecular flexibility index (Phi) is 4.51. The molecule has 1 aliphatic carbocycles. The van der Waals surface area contributed by atoms with E-state index < -0.39 is 16.2 Å². The molecule has 0 amide bonds. The maximum atomic E-state index is 11.8. The van der Waals surface area contributed by atoms with Crippen molar-refractivity contribution in [1.82, 2.24) is 9.03 Å². The number of carbonyl (C=O) groups is 1. The zero-order valence-corrected chi connectivity index (χ0v) is 11.1. The van der Waals surface area contributed by atoms with E-state index in [2.05, 4.69) is 11.6 Å². The fourth-order valence-corrected chi connectivity index (χ4v) is 2.79. The summed E-state index contributed by atoms with van der Waals surface area (Å²) in [5.41, 5.74) is 0.0701. The van der Waals surface area contributed by atoms with Gasteiger partial charge in [0.05, 0.1) is 6.42 Å². The summed E-state index contributed by atoms with van der Waals surface area (Å²) in [7, 11) is -2.16. The number of rotatable bonds is 7. The topological polar surface area (TPSA) is 86.7 Å². The second-order valence-electron chi connectivity index (χ2n) is 4.96.